The van der Waals surface area contributed by atoms with Crippen molar-refractivity contribution in [3.63, 3.8) is 0 Å². The summed E-state index contributed by atoms with van der Waals surface area (Å²) in [5, 5.41) is 20.1. The van der Waals surface area contributed by atoms with Gasteiger partial charge in [-0.1, -0.05) is 19.3 Å². The maximum absolute atomic E-state index is 10.7. The summed E-state index contributed by atoms with van der Waals surface area (Å²) in [6, 6.07) is 0. The quantitative estimate of drug-likeness (QED) is 0.670. The van der Waals surface area contributed by atoms with E-state index in [4.69, 9.17) is 0 Å². The monoisotopic (exact) mass is 196 g/mol. The number of hydrogen-bond donors (Lipinski definition) is 2. The number of rotatable bonds is 1. The summed E-state index contributed by atoms with van der Waals surface area (Å²) in [6.07, 6.45) is 8.32. The molecule has 0 amide bonds. The summed E-state index contributed by atoms with van der Waals surface area (Å²) in [5.74, 6) is 0.836. The minimum absolute atomic E-state index is 0.197. The van der Waals surface area contributed by atoms with Gasteiger partial charge < -0.3 is 10.2 Å². The van der Waals surface area contributed by atoms with E-state index in [1.165, 1.54) is 32.1 Å². The van der Waals surface area contributed by atoms with Crippen LogP contribution < -0.4 is 0 Å². The fourth-order valence-corrected chi connectivity index (χ4v) is 4.90. The predicted molar refractivity (Wildman–Crippen MR) is 53.8 cm³/mol. The number of aliphatic hydroxyl groups is 2. The maximum atomic E-state index is 10.7. The lowest BCUT2D eigenvalue weighted by Gasteiger charge is -2.67. The highest BCUT2D eigenvalue weighted by atomic mass is 16.3. The van der Waals surface area contributed by atoms with Crippen molar-refractivity contribution in [2.45, 2.75) is 50.5 Å². The zero-order valence-electron chi connectivity index (χ0n) is 8.71. The van der Waals surface area contributed by atoms with Gasteiger partial charge in [-0.05, 0) is 31.6 Å². The Kier molecular flexibility index (Phi) is 1.79. The summed E-state index contributed by atoms with van der Waals surface area (Å²) in [6.45, 7) is 0.197. The van der Waals surface area contributed by atoms with Crippen LogP contribution in [0.5, 0.6) is 0 Å². The lowest BCUT2D eigenvalue weighted by molar-refractivity contribution is -0.278. The molecule has 0 saturated heterocycles. The van der Waals surface area contributed by atoms with Gasteiger partial charge >= 0.3 is 0 Å². The minimum atomic E-state index is -0.485. The van der Waals surface area contributed by atoms with Crippen LogP contribution >= 0.6 is 0 Å². The lowest BCUT2D eigenvalue weighted by Crippen LogP contribution is -2.70. The van der Waals surface area contributed by atoms with Gasteiger partial charge in [-0.25, -0.2) is 0 Å². The van der Waals surface area contributed by atoms with Gasteiger partial charge in [0.2, 0.25) is 0 Å². The largest absolute Gasteiger partial charge is 0.396 e. The first kappa shape index (κ1) is 9.17. The molecule has 3 rings (SSSR count). The summed E-state index contributed by atoms with van der Waals surface area (Å²) < 4.78 is 0. The number of hydrogen-bond acceptors (Lipinski definition) is 2. The molecule has 0 aromatic heterocycles. The number of aliphatic hydroxyl groups excluding tert-OH is 1. The first-order chi connectivity index (χ1) is 6.74. The second-order valence-electron chi connectivity index (χ2n) is 5.58. The van der Waals surface area contributed by atoms with E-state index in [-0.39, 0.29) is 17.9 Å². The van der Waals surface area contributed by atoms with Gasteiger partial charge in [0.15, 0.2) is 0 Å². The van der Waals surface area contributed by atoms with Crippen LogP contribution in [-0.2, 0) is 0 Å². The van der Waals surface area contributed by atoms with Crippen molar-refractivity contribution in [1.29, 1.82) is 0 Å². The molecule has 0 aromatic carbocycles. The van der Waals surface area contributed by atoms with Crippen molar-refractivity contribution in [2.75, 3.05) is 6.61 Å². The first-order valence-electron chi connectivity index (χ1n) is 6.08. The summed E-state index contributed by atoms with van der Waals surface area (Å²) in [5.41, 5.74) is -0.250. The first-order valence-corrected chi connectivity index (χ1v) is 6.08. The average Bonchev–Trinajstić information content (AvgIpc) is 2.52. The van der Waals surface area contributed by atoms with E-state index in [1.807, 2.05) is 0 Å². The van der Waals surface area contributed by atoms with Crippen LogP contribution in [0.15, 0.2) is 0 Å². The SMILES string of the molecule is OC[C@H]1[C@@H]2CCC[C@]23CCCC[C@@]13O. The van der Waals surface area contributed by atoms with Gasteiger partial charge in [-0.2, -0.15) is 0 Å². The third-order valence-corrected chi connectivity index (χ3v) is 5.44. The topological polar surface area (TPSA) is 40.5 Å². The zero-order valence-corrected chi connectivity index (χ0v) is 8.71. The van der Waals surface area contributed by atoms with E-state index in [0.29, 0.717) is 5.92 Å². The second-order valence-corrected chi connectivity index (χ2v) is 5.58. The molecule has 0 bridgehead atoms. The molecule has 0 aromatic rings. The Labute approximate surface area is 85.3 Å². The predicted octanol–water partition coefficient (Wildman–Crippen LogP) is 1.70. The van der Waals surface area contributed by atoms with Gasteiger partial charge in [0.25, 0.3) is 0 Å². The van der Waals surface area contributed by atoms with Gasteiger partial charge in [0.05, 0.1) is 5.60 Å². The Morgan fingerprint density at radius 2 is 1.79 bits per heavy atom. The van der Waals surface area contributed by atoms with E-state index >= 15 is 0 Å². The molecule has 1 spiro atoms. The van der Waals surface area contributed by atoms with E-state index in [0.717, 1.165) is 12.8 Å². The van der Waals surface area contributed by atoms with Crippen LogP contribution in [-0.4, -0.2) is 22.4 Å². The molecule has 3 aliphatic carbocycles. The van der Waals surface area contributed by atoms with Crippen LogP contribution in [0.2, 0.25) is 0 Å². The molecule has 3 fully saturated rings. The lowest BCUT2D eigenvalue weighted by atomic mass is 9.41. The van der Waals surface area contributed by atoms with Gasteiger partial charge in [-0.15, -0.1) is 0 Å². The van der Waals surface area contributed by atoms with Crippen molar-refractivity contribution >= 4 is 0 Å². The smallest absolute Gasteiger partial charge is 0.0759 e. The molecule has 3 aliphatic rings. The highest BCUT2D eigenvalue weighted by Gasteiger charge is 2.71. The van der Waals surface area contributed by atoms with Crippen molar-refractivity contribution in [1.82, 2.24) is 0 Å². The Bertz CT molecular complexity index is 253. The molecule has 3 saturated carbocycles. The van der Waals surface area contributed by atoms with Crippen molar-refractivity contribution in [2.24, 2.45) is 17.3 Å². The Balaban J connectivity index is 1.96. The summed E-state index contributed by atoms with van der Waals surface area (Å²) >= 11 is 0. The van der Waals surface area contributed by atoms with Gasteiger partial charge in [0, 0.05) is 17.9 Å². The van der Waals surface area contributed by atoms with Crippen molar-refractivity contribution in [3.05, 3.63) is 0 Å². The van der Waals surface area contributed by atoms with Crippen molar-refractivity contribution < 1.29 is 10.2 Å². The molecule has 0 aliphatic heterocycles. The van der Waals surface area contributed by atoms with Gasteiger partial charge in [0.1, 0.15) is 0 Å². The zero-order chi connectivity index (χ0) is 9.81. The van der Waals surface area contributed by atoms with E-state index in [2.05, 4.69) is 0 Å². The molecule has 4 atom stereocenters. The molecular weight excluding hydrogens is 176 g/mol. The van der Waals surface area contributed by atoms with E-state index < -0.39 is 5.60 Å². The molecule has 0 unspecified atom stereocenters. The summed E-state index contributed by atoms with van der Waals surface area (Å²) in [7, 11) is 0. The molecule has 0 heterocycles. The molecular formula is C12H20O2. The molecule has 2 N–H and O–H groups in total. The second kappa shape index (κ2) is 2.73. The molecule has 2 nitrogen and oxygen atoms in total. The van der Waals surface area contributed by atoms with Crippen LogP contribution in [0.4, 0.5) is 0 Å². The normalized spacial score (nSPS) is 56.1. The standard InChI is InChI=1S/C12H20O2/c13-8-10-9-4-3-6-11(9)5-1-2-7-12(10,11)14/h9-10,13-14H,1-8H2/t9-,10-,11+,12+/m0/s1. The van der Waals surface area contributed by atoms with Crippen LogP contribution in [0.1, 0.15) is 44.9 Å². The Morgan fingerprint density at radius 3 is 2.57 bits per heavy atom. The van der Waals surface area contributed by atoms with Crippen molar-refractivity contribution in [3.8, 4) is 0 Å². The average molecular weight is 196 g/mol. The minimum Gasteiger partial charge on any atom is -0.396 e. The third kappa shape index (κ3) is 0.772. The molecule has 80 valence electrons. The van der Waals surface area contributed by atoms with Crippen LogP contribution in [0.25, 0.3) is 0 Å². The van der Waals surface area contributed by atoms with E-state index in [9.17, 15) is 10.2 Å². The Hall–Kier alpha value is -0.0800. The highest BCUT2D eigenvalue weighted by Crippen LogP contribution is 2.71. The van der Waals surface area contributed by atoms with Crippen LogP contribution in [0.3, 0.4) is 0 Å². The van der Waals surface area contributed by atoms with Crippen LogP contribution in [0, 0.1) is 17.3 Å². The third-order valence-electron chi connectivity index (χ3n) is 5.44. The fourth-order valence-electron chi connectivity index (χ4n) is 4.90. The fraction of sp³-hybridized carbons (Fsp3) is 1.00. The van der Waals surface area contributed by atoms with E-state index in [1.54, 1.807) is 0 Å². The summed E-state index contributed by atoms with van der Waals surface area (Å²) in [4.78, 5) is 0. The molecule has 2 heteroatoms. The Morgan fingerprint density at radius 1 is 1.07 bits per heavy atom. The maximum Gasteiger partial charge on any atom is 0.0759 e. The highest BCUT2D eigenvalue weighted by molar-refractivity contribution is 5.21. The molecule has 0 radical (unpaired) electrons. The van der Waals surface area contributed by atoms with Gasteiger partial charge in [-0.3, -0.25) is 0 Å². The molecule has 14 heavy (non-hydrogen) atoms.